The summed E-state index contributed by atoms with van der Waals surface area (Å²) in [6.07, 6.45) is 5.62. The zero-order valence-electron chi connectivity index (χ0n) is 8.52. The monoisotopic (exact) mass is 173 g/mol. The minimum absolute atomic E-state index is 0.157. The highest BCUT2D eigenvalue weighted by atomic mass is 19.1. The maximum atomic E-state index is 13.2. The lowest BCUT2D eigenvalue weighted by molar-refractivity contribution is 0.190. The quantitative estimate of drug-likeness (QED) is 0.630. The Bertz CT molecular complexity index is 135. The second-order valence-corrected chi connectivity index (χ2v) is 3.65. The molecular formula is C10H20FN. The highest BCUT2D eigenvalue weighted by Gasteiger charge is 2.19. The maximum Gasteiger partial charge on any atom is 0.107 e. The molecule has 0 heterocycles. The predicted octanol–water partition coefficient (Wildman–Crippen LogP) is 2.68. The van der Waals surface area contributed by atoms with Crippen LogP contribution >= 0.6 is 0 Å². The molecule has 0 aliphatic rings. The summed E-state index contributed by atoms with van der Waals surface area (Å²) in [5.41, 5.74) is -1.09. The smallest absolute Gasteiger partial charge is 0.107 e. The van der Waals surface area contributed by atoms with Crippen LogP contribution in [0.15, 0.2) is 12.2 Å². The first-order valence-corrected chi connectivity index (χ1v) is 4.52. The zero-order chi connectivity index (χ0) is 9.61. The lowest BCUT2D eigenvalue weighted by atomic mass is 10.0. The molecule has 0 aromatic heterocycles. The molecular weight excluding hydrogens is 153 g/mol. The third-order valence-electron chi connectivity index (χ3n) is 1.68. The molecule has 0 aliphatic carbocycles. The first-order chi connectivity index (χ1) is 5.49. The predicted molar refractivity (Wildman–Crippen MR) is 52.1 cm³/mol. The van der Waals surface area contributed by atoms with E-state index in [0.717, 1.165) is 6.42 Å². The molecule has 0 aromatic rings. The van der Waals surface area contributed by atoms with Crippen molar-refractivity contribution in [2.45, 2.75) is 45.3 Å². The van der Waals surface area contributed by atoms with Crippen LogP contribution in [0.3, 0.4) is 0 Å². The number of nitrogens with one attached hydrogen (secondary N) is 1. The number of alkyl halides is 1. The van der Waals surface area contributed by atoms with Crippen molar-refractivity contribution in [2.75, 3.05) is 7.05 Å². The van der Waals surface area contributed by atoms with E-state index in [-0.39, 0.29) is 6.04 Å². The van der Waals surface area contributed by atoms with Gasteiger partial charge in [0, 0.05) is 6.04 Å². The fraction of sp³-hybridized carbons (Fsp3) is 0.800. The standard InChI is InChI=1S/C10H20FN/c1-5-6-7-9(12-4)8-10(2,3)11/h6-7,9,12H,5,8H2,1-4H3/t9-/m0/s1. The van der Waals surface area contributed by atoms with Gasteiger partial charge in [0.2, 0.25) is 0 Å². The van der Waals surface area contributed by atoms with Gasteiger partial charge in [0.25, 0.3) is 0 Å². The van der Waals surface area contributed by atoms with Crippen LogP contribution in [0.2, 0.25) is 0 Å². The minimum Gasteiger partial charge on any atom is -0.313 e. The normalized spacial score (nSPS) is 15.4. The van der Waals surface area contributed by atoms with E-state index >= 15 is 0 Å². The Labute approximate surface area is 75.0 Å². The molecule has 0 bridgehead atoms. The van der Waals surface area contributed by atoms with Crippen LogP contribution in [-0.4, -0.2) is 18.8 Å². The Kier molecular flexibility index (Phi) is 5.14. The molecule has 12 heavy (non-hydrogen) atoms. The molecule has 2 heteroatoms. The van der Waals surface area contributed by atoms with Crippen molar-refractivity contribution in [3.05, 3.63) is 12.2 Å². The van der Waals surface area contributed by atoms with Crippen LogP contribution in [0.25, 0.3) is 0 Å². The zero-order valence-corrected chi connectivity index (χ0v) is 8.52. The van der Waals surface area contributed by atoms with Gasteiger partial charge in [-0.3, -0.25) is 0 Å². The van der Waals surface area contributed by atoms with E-state index in [4.69, 9.17) is 0 Å². The summed E-state index contributed by atoms with van der Waals surface area (Å²) in [5, 5.41) is 3.07. The van der Waals surface area contributed by atoms with E-state index in [1.807, 2.05) is 13.1 Å². The molecule has 1 N–H and O–H groups in total. The van der Waals surface area contributed by atoms with Crippen molar-refractivity contribution in [3.8, 4) is 0 Å². The van der Waals surface area contributed by atoms with Crippen LogP contribution in [-0.2, 0) is 0 Å². The van der Waals surface area contributed by atoms with E-state index in [2.05, 4.69) is 18.3 Å². The number of allylic oxidation sites excluding steroid dienone is 1. The largest absolute Gasteiger partial charge is 0.313 e. The number of rotatable bonds is 5. The average Bonchev–Trinajstić information content (AvgIpc) is 1.95. The van der Waals surface area contributed by atoms with Gasteiger partial charge in [0.1, 0.15) is 5.67 Å². The fourth-order valence-electron chi connectivity index (χ4n) is 1.09. The number of halogens is 1. The van der Waals surface area contributed by atoms with Crippen LogP contribution in [0, 0.1) is 0 Å². The van der Waals surface area contributed by atoms with Crippen LogP contribution in [0.1, 0.15) is 33.6 Å². The SMILES string of the molecule is CCC=C[C@@H](CC(C)(C)F)NC. The molecule has 0 aromatic carbocycles. The molecule has 0 radical (unpaired) electrons. The fourth-order valence-corrected chi connectivity index (χ4v) is 1.09. The summed E-state index contributed by atoms with van der Waals surface area (Å²) in [7, 11) is 1.86. The van der Waals surface area contributed by atoms with Crippen LogP contribution in [0.5, 0.6) is 0 Å². The molecule has 0 unspecified atom stereocenters. The Morgan fingerprint density at radius 3 is 2.42 bits per heavy atom. The molecule has 0 amide bonds. The van der Waals surface area contributed by atoms with Crippen molar-refractivity contribution in [1.82, 2.24) is 5.32 Å². The topological polar surface area (TPSA) is 12.0 Å². The molecule has 0 saturated heterocycles. The lowest BCUT2D eigenvalue weighted by Gasteiger charge is -2.19. The molecule has 0 saturated carbocycles. The minimum atomic E-state index is -1.09. The first-order valence-electron chi connectivity index (χ1n) is 4.52. The average molecular weight is 173 g/mol. The lowest BCUT2D eigenvalue weighted by Crippen LogP contribution is -2.30. The molecule has 1 atom stereocenters. The third-order valence-corrected chi connectivity index (χ3v) is 1.68. The van der Waals surface area contributed by atoms with Crippen molar-refractivity contribution < 1.29 is 4.39 Å². The van der Waals surface area contributed by atoms with Gasteiger partial charge in [-0.05, 0) is 33.7 Å². The van der Waals surface area contributed by atoms with E-state index in [0.29, 0.717) is 6.42 Å². The van der Waals surface area contributed by atoms with Gasteiger partial charge < -0.3 is 5.32 Å². The first kappa shape index (κ1) is 11.6. The van der Waals surface area contributed by atoms with E-state index in [1.54, 1.807) is 13.8 Å². The second-order valence-electron chi connectivity index (χ2n) is 3.65. The van der Waals surface area contributed by atoms with E-state index < -0.39 is 5.67 Å². The van der Waals surface area contributed by atoms with Crippen molar-refractivity contribution in [2.24, 2.45) is 0 Å². The summed E-state index contributed by atoms with van der Waals surface area (Å²) in [6.45, 7) is 5.29. The molecule has 0 fully saturated rings. The summed E-state index contributed by atoms with van der Waals surface area (Å²) < 4.78 is 13.2. The Morgan fingerprint density at radius 2 is 2.08 bits per heavy atom. The molecule has 0 rings (SSSR count). The van der Waals surface area contributed by atoms with Crippen LogP contribution < -0.4 is 5.32 Å². The van der Waals surface area contributed by atoms with Crippen LogP contribution in [0.4, 0.5) is 4.39 Å². The van der Waals surface area contributed by atoms with Gasteiger partial charge in [0.05, 0.1) is 0 Å². The van der Waals surface area contributed by atoms with Gasteiger partial charge in [-0.25, -0.2) is 4.39 Å². The maximum absolute atomic E-state index is 13.2. The Hall–Kier alpha value is -0.370. The molecule has 1 nitrogen and oxygen atoms in total. The summed E-state index contributed by atoms with van der Waals surface area (Å²) in [4.78, 5) is 0. The van der Waals surface area contributed by atoms with Crippen molar-refractivity contribution in [3.63, 3.8) is 0 Å². The Morgan fingerprint density at radius 1 is 1.50 bits per heavy atom. The highest BCUT2D eigenvalue weighted by molar-refractivity contribution is 4.94. The number of hydrogen-bond donors (Lipinski definition) is 1. The molecule has 0 aliphatic heterocycles. The number of likely N-dealkylation sites (N-methyl/N-ethyl adjacent to an activating group) is 1. The van der Waals surface area contributed by atoms with Gasteiger partial charge in [-0.15, -0.1) is 0 Å². The third kappa shape index (κ3) is 6.35. The molecule has 0 spiro atoms. The summed E-state index contributed by atoms with van der Waals surface area (Å²) in [6, 6.07) is 0.157. The summed E-state index contributed by atoms with van der Waals surface area (Å²) in [5.74, 6) is 0. The second kappa shape index (κ2) is 5.31. The van der Waals surface area contributed by atoms with Gasteiger partial charge >= 0.3 is 0 Å². The number of hydrogen-bond acceptors (Lipinski definition) is 1. The van der Waals surface area contributed by atoms with E-state index in [1.165, 1.54) is 0 Å². The summed E-state index contributed by atoms with van der Waals surface area (Å²) >= 11 is 0. The Balaban J connectivity index is 3.91. The highest BCUT2D eigenvalue weighted by Crippen LogP contribution is 2.16. The van der Waals surface area contributed by atoms with E-state index in [9.17, 15) is 4.39 Å². The van der Waals surface area contributed by atoms with Crippen molar-refractivity contribution in [1.29, 1.82) is 0 Å². The van der Waals surface area contributed by atoms with Gasteiger partial charge in [-0.2, -0.15) is 0 Å². The molecule has 72 valence electrons. The van der Waals surface area contributed by atoms with Crippen molar-refractivity contribution >= 4 is 0 Å². The van der Waals surface area contributed by atoms with Gasteiger partial charge in [-0.1, -0.05) is 19.1 Å². The van der Waals surface area contributed by atoms with Gasteiger partial charge in [0.15, 0.2) is 0 Å².